The summed E-state index contributed by atoms with van der Waals surface area (Å²) < 4.78 is 0. The molecule has 96 valence electrons. The highest BCUT2D eigenvalue weighted by atomic mass is 14.9. The Morgan fingerprint density at radius 3 is 2.24 bits per heavy atom. The smallest absolute Gasteiger partial charge is 0.00966 e. The zero-order chi connectivity index (χ0) is 12.9. The highest BCUT2D eigenvalue weighted by Gasteiger charge is 2.10. The quantitative estimate of drug-likeness (QED) is 0.812. The third kappa shape index (κ3) is 6.48. The topological polar surface area (TPSA) is 12.0 Å². The molecule has 1 atom stereocenters. The average Bonchev–Trinajstić information content (AvgIpc) is 2.25. The molecule has 1 heteroatoms. The molecular weight excluding hydrogens is 206 g/mol. The maximum Gasteiger partial charge on any atom is 0.00966 e. The second-order valence-corrected chi connectivity index (χ2v) is 6.26. The first-order valence-corrected chi connectivity index (χ1v) is 6.67. The van der Waals surface area contributed by atoms with Crippen molar-refractivity contribution in [1.29, 1.82) is 0 Å². The third-order valence-corrected chi connectivity index (χ3v) is 3.03. The summed E-state index contributed by atoms with van der Waals surface area (Å²) in [6.45, 7) is 12.2. The Hall–Kier alpha value is -0.820. The predicted octanol–water partition coefficient (Wildman–Crippen LogP) is 3.95. The molecule has 1 N–H and O–H groups in total. The summed E-state index contributed by atoms with van der Waals surface area (Å²) in [4.78, 5) is 0. The normalized spacial score (nSPS) is 13.7. The van der Waals surface area contributed by atoms with E-state index in [4.69, 9.17) is 0 Å². The van der Waals surface area contributed by atoms with E-state index < -0.39 is 0 Å². The molecule has 0 spiro atoms. The molecule has 0 radical (unpaired) electrons. The molecule has 1 aromatic carbocycles. The average molecular weight is 233 g/mol. The van der Waals surface area contributed by atoms with Gasteiger partial charge < -0.3 is 5.32 Å². The summed E-state index contributed by atoms with van der Waals surface area (Å²) in [6, 6.07) is 8.90. The zero-order valence-corrected chi connectivity index (χ0v) is 12.0. The van der Waals surface area contributed by atoms with E-state index in [-0.39, 0.29) is 5.54 Å². The number of hydrogen-bond acceptors (Lipinski definition) is 1. The number of hydrogen-bond donors (Lipinski definition) is 1. The molecule has 0 saturated heterocycles. The van der Waals surface area contributed by atoms with Gasteiger partial charge in [0, 0.05) is 5.54 Å². The molecule has 0 fully saturated rings. The van der Waals surface area contributed by atoms with Crippen LogP contribution in [0.1, 0.15) is 45.2 Å². The van der Waals surface area contributed by atoms with Gasteiger partial charge in [-0.3, -0.25) is 0 Å². The molecule has 0 amide bonds. The zero-order valence-electron chi connectivity index (χ0n) is 12.0. The van der Waals surface area contributed by atoms with Gasteiger partial charge in [-0.2, -0.15) is 0 Å². The van der Waals surface area contributed by atoms with Crippen molar-refractivity contribution in [3.05, 3.63) is 35.4 Å². The van der Waals surface area contributed by atoms with Crippen LogP contribution < -0.4 is 5.32 Å². The summed E-state index contributed by atoms with van der Waals surface area (Å²) in [5.74, 6) is 0.732. The molecule has 0 saturated carbocycles. The molecule has 1 rings (SSSR count). The Morgan fingerprint density at radius 2 is 1.71 bits per heavy atom. The van der Waals surface area contributed by atoms with Gasteiger partial charge in [0.05, 0.1) is 0 Å². The van der Waals surface area contributed by atoms with E-state index >= 15 is 0 Å². The summed E-state index contributed by atoms with van der Waals surface area (Å²) in [5.41, 5.74) is 3.03. The SMILES string of the molecule is Cc1ccc(CCC(C)CNC(C)(C)C)cc1. The van der Waals surface area contributed by atoms with Gasteiger partial charge in [0.25, 0.3) is 0 Å². The van der Waals surface area contributed by atoms with Crippen LogP contribution in [0.5, 0.6) is 0 Å². The Kier molecular flexibility index (Phi) is 5.20. The highest BCUT2D eigenvalue weighted by molar-refractivity contribution is 5.21. The fourth-order valence-corrected chi connectivity index (χ4v) is 1.75. The van der Waals surface area contributed by atoms with E-state index in [1.807, 2.05) is 0 Å². The van der Waals surface area contributed by atoms with E-state index in [0.29, 0.717) is 0 Å². The molecule has 17 heavy (non-hydrogen) atoms. The van der Waals surface area contributed by atoms with Crippen LogP contribution in [0.4, 0.5) is 0 Å². The lowest BCUT2D eigenvalue weighted by molar-refractivity contribution is 0.372. The molecular formula is C16H27N. The van der Waals surface area contributed by atoms with Crippen molar-refractivity contribution < 1.29 is 0 Å². The largest absolute Gasteiger partial charge is 0.312 e. The molecule has 0 aliphatic carbocycles. The van der Waals surface area contributed by atoms with Gasteiger partial charge in [-0.05, 0) is 58.6 Å². The van der Waals surface area contributed by atoms with E-state index in [1.165, 1.54) is 24.0 Å². The fourth-order valence-electron chi connectivity index (χ4n) is 1.75. The first-order chi connectivity index (χ1) is 7.87. The van der Waals surface area contributed by atoms with Gasteiger partial charge >= 0.3 is 0 Å². The van der Waals surface area contributed by atoms with E-state index in [0.717, 1.165) is 12.5 Å². The van der Waals surface area contributed by atoms with Crippen LogP contribution in [0.25, 0.3) is 0 Å². The van der Waals surface area contributed by atoms with Crippen LogP contribution in [-0.4, -0.2) is 12.1 Å². The minimum atomic E-state index is 0.234. The van der Waals surface area contributed by atoms with Crippen LogP contribution >= 0.6 is 0 Å². The molecule has 1 aromatic rings. The van der Waals surface area contributed by atoms with Gasteiger partial charge in [-0.25, -0.2) is 0 Å². The molecule has 0 aromatic heterocycles. The standard InChI is InChI=1S/C16H27N/c1-13-6-9-15(10-7-13)11-8-14(2)12-17-16(3,4)5/h6-7,9-10,14,17H,8,11-12H2,1-5H3. The molecule has 0 aliphatic heterocycles. The summed E-state index contributed by atoms with van der Waals surface area (Å²) >= 11 is 0. The number of benzene rings is 1. The van der Waals surface area contributed by atoms with Gasteiger partial charge in [-0.15, -0.1) is 0 Å². The van der Waals surface area contributed by atoms with E-state index in [1.54, 1.807) is 0 Å². The van der Waals surface area contributed by atoms with E-state index in [9.17, 15) is 0 Å². The Bertz CT molecular complexity index is 318. The van der Waals surface area contributed by atoms with Crippen LogP contribution in [-0.2, 0) is 6.42 Å². The maximum absolute atomic E-state index is 3.57. The van der Waals surface area contributed by atoms with Gasteiger partial charge in [0.15, 0.2) is 0 Å². The molecule has 0 heterocycles. The summed E-state index contributed by atoms with van der Waals surface area (Å²) in [5, 5.41) is 3.57. The van der Waals surface area contributed by atoms with Crippen molar-refractivity contribution in [3.63, 3.8) is 0 Å². The fraction of sp³-hybridized carbons (Fsp3) is 0.625. The maximum atomic E-state index is 3.57. The minimum Gasteiger partial charge on any atom is -0.312 e. The van der Waals surface area contributed by atoms with Crippen LogP contribution in [0.2, 0.25) is 0 Å². The van der Waals surface area contributed by atoms with Crippen LogP contribution in [0.3, 0.4) is 0 Å². The molecule has 1 unspecified atom stereocenters. The minimum absolute atomic E-state index is 0.234. The molecule has 0 bridgehead atoms. The van der Waals surface area contributed by atoms with Crippen molar-refractivity contribution >= 4 is 0 Å². The molecule has 0 aliphatic rings. The number of aryl methyl sites for hydroxylation is 2. The number of nitrogens with one attached hydrogen (secondary N) is 1. The Labute approximate surface area is 107 Å². The van der Waals surface area contributed by atoms with Gasteiger partial charge in [-0.1, -0.05) is 36.8 Å². The molecule has 1 nitrogen and oxygen atoms in total. The lowest BCUT2D eigenvalue weighted by Crippen LogP contribution is -2.38. The first-order valence-electron chi connectivity index (χ1n) is 6.67. The summed E-state index contributed by atoms with van der Waals surface area (Å²) in [7, 11) is 0. The van der Waals surface area contributed by atoms with Crippen LogP contribution in [0, 0.1) is 12.8 Å². The van der Waals surface area contributed by atoms with Crippen LogP contribution in [0.15, 0.2) is 24.3 Å². The van der Waals surface area contributed by atoms with Gasteiger partial charge in [0.2, 0.25) is 0 Å². The van der Waals surface area contributed by atoms with Crippen molar-refractivity contribution in [2.45, 2.75) is 53.0 Å². The lowest BCUT2D eigenvalue weighted by atomic mass is 9.99. The lowest BCUT2D eigenvalue weighted by Gasteiger charge is -2.23. The first kappa shape index (κ1) is 14.2. The van der Waals surface area contributed by atoms with Gasteiger partial charge in [0.1, 0.15) is 0 Å². The van der Waals surface area contributed by atoms with Crippen molar-refractivity contribution in [2.24, 2.45) is 5.92 Å². The Balaban J connectivity index is 2.28. The van der Waals surface area contributed by atoms with Crippen molar-refractivity contribution in [2.75, 3.05) is 6.54 Å². The third-order valence-electron chi connectivity index (χ3n) is 3.03. The Morgan fingerprint density at radius 1 is 1.12 bits per heavy atom. The van der Waals surface area contributed by atoms with Crippen molar-refractivity contribution in [3.8, 4) is 0 Å². The second-order valence-electron chi connectivity index (χ2n) is 6.26. The van der Waals surface area contributed by atoms with Crippen molar-refractivity contribution in [1.82, 2.24) is 5.32 Å². The second kappa shape index (κ2) is 6.20. The summed E-state index contributed by atoms with van der Waals surface area (Å²) in [6.07, 6.45) is 2.44. The number of rotatable bonds is 5. The van der Waals surface area contributed by atoms with E-state index in [2.05, 4.69) is 64.2 Å². The highest BCUT2D eigenvalue weighted by Crippen LogP contribution is 2.11. The monoisotopic (exact) mass is 233 g/mol. The predicted molar refractivity (Wildman–Crippen MR) is 76.4 cm³/mol.